The summed E-state index contributed by atoms with van der Waals surface area (Å²) in [6.45, 7) is 5.76. The van der Waals surface area contributed by atoms with Crippen molar-refractivity contribution in [1.29, 1.82) is 0 Å². The summed E-state index contributed by atoms with van der Waals surface area (Å²) < 4.78 is 0. The fourth-order valence-corrected chi connectivity index (χ4v) is 0.708. The number of hydrogen-bond acceptors (Lipinski definition) is 3. The molecule has 2 N–H and O–H groups in total. The number of hydrogen-bond donors (Lipinski definition) is 2. The van der Waals surface area contributed by atoms with Crippen molar-refractivity contribution in [3.05, 3.63) is 6.20 Å². The van der Waals surface area contributed by atoms with Crippen molar-refractivity contribution in [2.45, 2.75) is 27.2 Å². The van der Waals surface area contributed by atoms with Gasteiger partial charge in [0.15, 0.2) is 5.82 Å². The summed E-state index contributed by atoms with van der Waals surface area (Å²) in [5.41, 5.74) is -0.362. The molecule has 0 saturated carbocycles. The molecule has 13 heavy (non-hydrogen) atoms. The van der Waals surface area contributed by atoms with Crippen LogP contribution >= 0.6 is 0 Å². The number of nitrogens with one attached hydrogen (secondary N) is 2. The van der Waals surface area contributed by atoms with Crippen molar-refractivity contribution >= 4 is 11.7 Å². The lowest BCUT2D eigenvalue weighted by atomic mass is 9.89. The smallest absolute Gasteiger partial charge is 0.231 e. The van der Waals surface area contributed by atoms with E-state index in [0.717, 1.165) is 6.42 Å². The van der Waals surface area contributed by atoms with Gasteiger partial charge in [-0.25, -0.2) is 0 Å². The Morgan fingerprint density at radius 3 is 2.85 bits per heavy atom. The number of carbonyl (C=O) groups is 1. The van der Waals surface area contributed by atoms with E-state index in [4.69, 9.17) is 0 Å². The van der Waals surface area contributed by atoms with Crippen LogP contribution in [-0.4, -0.2) is 21.3 Å². The minimum atomic E-state index is -0.362. The van der Waals surface area contributed by atoms with Crippen LogP contribution in [0.15, 0.2) is 6.20 Å². The lowest BCUT2D eigenvalue weighted by Crippen LogP contribution is -2.30. The highest BCUT2D eigenvalue weighted by molar-refractivity contribution is 5.93. The lowest BCUT2D eigenvalue weighted by Gasteiger charge is -2.20. The minimum Gasteiger partial charge on any atom is -0.307 e. The molecule has 0 fully saturated rings. The largest absolute Gasteiger partial charge is 0.307 e. The first-order valence-corrected chi connectivity index (χ1v) is 4.23. The SMILES string of the molecule is CCC(C)(C)C(=O)Nc1cn[nH]n1. The first-order chi connectivity index (χ1) is 6.06. The third kappa shape index (κ3) is 2.27. The number of nitrogens with zero attached hydrogens (tertiary/aromatic N) is 2. The zero-order chi connectivity index (χ0) is 9.90. The molecule has 0 aliphatic heterocycles. The van der Waals surface area contributed by atoms with Crippen molar-refractivity contribution in [2.24, 2.45) is 5.41 Å². The van der Waals surface area contributed by atoms with Gasteiger partial charge in [0.2, 0.25) is 5.91 Å². The number of amides is 1. The maximum absolute atomic E-state index is 11.6. The van der Waals surface area contributed by atoms with E-state index in [1.807, 2.05) is 20.8 Å². The number of anilines is 1. The zero-order valence-corrected chi connectivity index (χ0v) is 8.09. The standard InChI is InChI=1S/C8H14N4O/c1-4-8(2,3)7(13)10-6-5-9-12-11-6/h5H,4H2,1-3H3,(H2,9,10,11,12,13). The molecular formula is C8H14N4O. The summed E-state index contributed by atoms with van der Waals surface area (Å²) in [4.78, 5) is 11.6. The number of rotatable bonds is 3. The van der Waals surface area contributed by atoms with Gasteiger partial charge in [0, 0.05) is 5.41 Å². The highest BCUT2D eigenvalue weighted by Gasteiger charge is 2.25. The molecule has 1 amide bonds. The normalized spacial score (nSPS) is 11.3. The van der Waals surface area contributed by atoms with E-state index in [2.05, 4.69) is 20.7 Å². The molecule has 1 rings (SSSR count). The van der Waals surface area contributed by atoms with E-state index in [1.54, 1.807) is 0 Å². The molecule has 1 heterocycles. The Balaban J connectivity index is 2.61. The Hall–Kier alpha value is -1.39. The fourth-order valence-electron chi connectivity index (χ4n) is 0.708. The molecule has 72 valence electrons. The van der Waals surface area contributed by atoms with Gasteiger partial charge in [-0.15, -0.1) is 5.10 Å². The Morgan fingerprint density at radius 2 is 2.38 bits per heavy atom. The first kappa shape index (κ1) is 9.70. The van der Waals surface area contributed by atoms with Crippen LogP contribution in [0, 0.1) is 5.41 Å². The fraction of sp³-hybridized carbons (Fsp3) is 0.625. The lowest BCUT2D eigenvalue weighted by molar-refractivity contribution is -0.124. The van der Waals surface area contributed by atoms with Gasteiger partial charge in [-0.3, -0.25) is 4.79 Å². The van der Waals surface area contributed by atoms with Crippen LogP contribution in [0.4, 0.5) is 5.82 Å². The molecule has 0 aliphatic carbocycles. The van der Waals surface area contributed by atoms with Crippen molar-refractivity contribution in [1.82, 2.24) is 15.4 Å². The second-order valence-corrected chi connectivity index (χ2v) is 3.55. The summed E-state index contributed by atoms with van der Waals surface area (Å²) in [5.74, 6) is 0.426. The van der Waals surface area contributed by atoms with Crippen LogP contribution in [0.3, 0.4) is 0 Å². The summed E-state index contributed by atoms with van der Waals surface area (Å²) in [6, 6.07) is 0. The van der Waals surface area contributed by atoms with Gasteiger partial charge in [0.1, 0.15) is 0 Å². The molecule has 0 saturated heterocycles. The Bertz CT molecular complexity index is 278. The maximum Gasteiger partial charge on any atom is 0.231 e. The maximum atomic E-state index is 11.6. The van der Waals surface area contributed by atoms with Crippen LogP contribution in [0.25, 0.3) is 0 Å². The molecule has 0 bridgehead atoms. The van der Waals surface area contributed by atoms with Gasteiger partial charge in [-0.05, 0) is 6.42 Å². The van der Waals surface area contributed by atoms with Crippen molar-refractivity contribution in [2.75, 3.05) is 5.32 Å². The average Bonchev–Trinajstić information content (AvgIpc) is 2.57. The van der Waals surface area contributed by atoms with Crippen molar-refractivity contribution in [3.8, 4) is 0 Å². The van der Waals surface area contributed by atoms with Gasteiger partial charge in [0.05, 0.1) is 6.20 Å². The minimum absolute atomic E-state index is 0.0381. The van der Waals surface area contributed by atoms with E-state index < -0.39 is 0 Å². The van der Waals surface area contributed by atoms with E-state index in [9.17, 15) is 4.79 Å². The summed E-state index contributed by atoms with van der Waals surface area (Å²) in [5, 5.41) is 12.4. The van der Waals surface area contributed by atoms with Crippen LogP contribution in [0.1, 0.15) is 27.2 Å². The summed E-state index contributed by atoms with van der Waals surface area (Å²) >= 11 is 0. The third-order valence-electron chi connectivity index (χ3n) is 2.16. The van der Waals surface area contributed by atoms with Gasteiger partial charge >= 0.3 is 0 Å². The molecule has 0 atom stereocenters. The summed E-state index contributed by atoms with van der Waals surface area (Å²) in [7, 11) is 0. The Morgan fingerprint density at radius 1 is 1.69 bits per heavy atom. The highest BCUT2D eigenvalue weighted by atomic mass is 16.2. The van der Waals surface area contributed by atoms with E-state index in [1.165, 1.54) is 6.20 Å². The van der Waals surface area contributed by atoms with Crippen LogP contribution in [0.5, 0.6) is 0 Å². The van der Waals surface area contributed by atoms with E-state index in [0.29, 0.717) is 5.82 Å². The molecule has 0 spiro atoms. The van der Waals surface area contributed by atoms with Crippen LogP contribution in [-0.2, 0) is 4.79 Å². The predicted molar refractivity (Wildman–Crippen MR) is 49.1 cm³/mol. The predicted octanol–water partition coefficient (Wildman–Crippen LogP) is 1.18. The average molecular weight is 182 g/mol. The third-order valence-corrected chi connectivity index (χ3v) is 2.16. The quantitative estimate of drug-likeness (QED) is 0.737. The summed E-state index contributed by atoms with van der Waals surface area (Å²) in [6.07, 6.45) is 2.26. The van der Waals surface area contributed by atoms with Crippen LogP contribution < -0.4 is 5.32 Å². The van der Waals surface area contributed by atoms with E-state index >= 15 is 0 Å². The topological polar surface area (TPSA) is 70.7 Å². The van der Waals surface area contributed by atoms with Gasteiger partial charge in [-0.2, -0.15) is 10.3 Å². The molecule has 5 nitrogen and oxygen atoms in total. The molecule has 1 aromatic rings. The van der Waals surface area contributed by atoms with Gasteiger partial charge in [-0.1, -0.05) is 20.8 Å². The molecule has 0 radical (unpaired) electrons. The zero-order valence-electron chi connectivity index (χ0n) is 8.09. The number of H-pyrrole nitrogens is 1. The Kier molecular flexibility index (Phi) is 2.65. The van der Waals surface area contributed by atoms with E-state index in [-0.39, 0.29) is 11.3 Å². The van der Waals surface area contributed by atoms with Crippen LogP contribution in [0.2, 0.25) is 0 Å². The van der Waals surface area contributed by atoms with Crippen molar-refractivity contribution in [3.63, 3.8) is 0 Å². The van der Waals surface area contributed by atoms with Gasteiger partial charge < -0.3 is 5.32 Å². The number of carbonyl (C=O) groups excluding carboxylic acids is 1. The van der Waals surface area contributed by atoms with Gasteiger partial charge in [0.25, 0.3) is 0 Å². The molecule has 5 heteroatoms. The van der Waals surface area contributed by atoms with Crippen molar-refractivity contribution < 1.29 is 4.79 Å². The second-order valence-electron chi connectivity index (χ2n) is 3.55. The molecule has 0 unspecified atom stereocenters. The molecule has 0 aromatic carbocycles. The second kappa shape index (κ2) is 3.55. The monoisotopic (exact) mass is 182 g/mol. The highest BCUT2D eigenvalue weighted by Crippen LogP contribution is 2.21. The molecular weight excluding hydrogens is 168 g/mol. The Labute approximate surface area is 76.9 Å². The number of aromatic amines is 1. The molecule has 0 aliphatic rings. The first-order valence-electron chi connectivity index (χ1n) is 4.23. The number of aromatic nitrogens is 3. The molecule has 1 aromatic heterocycles.